The number of carboxylic acid groups (broad SMARTS) is 1. The number of aryl methyl sites for hydroxylation is 1. The van der Waals surface area contributed by atoms with E-state index in [2.05, 4.69) is 17.6 Å². The predicted molar refractivity (Wildman–Crippen MR) is 49.9 cm³/mol. The van der Waals surface area contributed by atoms with Gasteiger partial charge in [0.1, 0.15) is 0 Å². The monoisotopic (exact) mass is 203 g/mol. The number of hydrogen-bond acceptors (Lipinski definition) is 4. The van der Waals surface area contributed by atoms with Crippen LogP contribution in [0.25, 0.3) is 0 Å². The van der Waals surface area contributed by atoms with Crippen LogP contribution >= 0.6 is 24.0 Å². The van der Waals surface area contributed by atoms with Crippen LogP contribution in [0.4, 0.5) is 0 Å². The molecule has 1 heterocycles. The standard InChI is InChI=1S/C7H9NO2S2/c9-6(10)3-1-2-5-8-4-7(11)12-5/h4,11H,1-3H2,(H,9,10). The molecule has 0 radical (unpaired) electrons. The van der Waals surface area contributed by atoms with E-state index in [0.29, 0.717) is 6.42 Å². The highest BCUT2D eigenvalue weighted by atomic mass is 32.2. The van der Waals surface area contributed by atoms with Crippen LogP contribution in [0.2, 0.25) is 0 Å². The van der Waals surface area contributed by atoms with Gasteiger partial charge in [-0.25, -0.2) is 4.98 Å². The molecule has 5 heteroatoms. The third-order valence-corrected chi connectivity index (χ3v) is 2.57. The summed E-state index contributed by atoms with van der Waals surface area (Å²) in [5.74, 6) is -0.752. The molecule has 1 rings (SSSR count). The van der Waals surface area contributed by atoms with Crippen LogP contribution in [0, 0.1) is 0 Å². The molecule has 3 nitrogen and oxygen atoms in total. The summed E-state index contributed by atoms with van der Waals surface area (Å²) in [7, 11) is 0. The minimum Gasteiger partial charge on any atom is -0.481 e. The zero-order valence-electron chi connectivity index (χ0n) is 6.36. The maximum atomic E-state index is 10.2. The summed E-state index contributed by atoms with van der Waals surface area (Å²) >= 11 is 5.61. The van der Waals surface area contributed by atoms with E-state index in [-0.39, 0.29) is 6.42 Å². The molecule has 0 bridgehead atoms. The van der Waals surface area contributed by atoms with Crippen LogP contribution in [0.1, 0.15) is 17.8 Å². The Morgan fingerprint density at radius 1 is 1.75 bits per heavy atom. The first-order chi connectivity index (χ1) is 5.68. The van der Waals surface area contributed by atoms with Gasteiger partial charge in [-0.15, -0.1) is 24.0 Å². The lowest BCUT2D eigenvalue weighted by Gasteiger charge is -1.91. The molecule has 12 heavy (non-hydrogen) atoms. The molecular formula is C7H9NO2S2. The number of nitrogens with zero attached hydrogens (tertiary/aromatic N) is 1. The van der Waals surface area contributed by atoms with E-state index in [4.69, 9.17) is 5.11 Å². The number of hydrogen-bond donors (Lipinski definition) is 2. The summed E-state index contributed by atoms with van der Waals surface area (Å²) in [4.78, 5) is 14.2. The quantitative estimate of drug-likeness (QED) is 0.734. The Kier molecular flexibility index (Phi) is 3.55. The fraction of sp³-hybridized carbons (Fsp3) is 0.429. The van der Waals surface area contributed by atoms with Crippen molar-refractivity contribution in [1.29, 1.82) is 0 Å². The maximum Gasteiger partial charge on any atom is 0.303 e. The molecule has 0 spiro atoms. The van der Waals surface area contributed by atoms with E-state index in [1.165, 1.54) is 11.3 Å². The number of rotatable bonds is 4. The average Bonchev–Trinajstić information content (AvgIpc) is 2.35. The molecule has 0 aromatic carbocycles. The van der Waals surface area contributed by atoms with Crippen molar-refractivity contribution in [2.75, 3.05) is 0 Å². The average molecular weight is 203 g/mol. The van der Waals surface area contributed by atoms with E-state index in [0.717, 1.165) is 15.6 Å². The fourth-order valence-corrected chi connectivity index (χ4v) is 1.88. The van der Waals surface area contributed by atoms with Crippen molar-refractivity contribution >= 4 is 29.9 Å². The molecule has 0 unspecified atom stereocenters. The van der Waals surface area contributed by atoms with E-state index in [1.54, 1.807) is 6.20 Å². The van der Waals surface area contributed by atoms with Gasteiger partial charge in [0.25, 0.3) is 0 Å². The van der Waals surface area contributed by atoms with Crippen molar-refractivity contribution in [3.8, 4) is 0 Å². The summed E-state index contributed by atoms with van der Waals surface area (Å²) in [6, 6.07) is 0. The molecule has 1 aromatic rings. The van der Waals surface area contributed by atoms with Crippen molar-refractivity contribution in [3.63, 3.8) is 0 Å². The minimum atomic E-state index is -0.752. The highest BCUT2D eigenvalue weighted by molar-refractivity contribution is 7.82. The first-order valence-corrected chi connectivity index (χ1v) is 4.80. The number of thiol groups is 1. The summed E-state index contributed by atoms with van der Waals surface area (Å²) in [6.07, 6.45) is 3.28. The fourth-order valence-electron chi connectivity index (χ4n) is 0.807. The van der Waals surface area contributed by atoms with Crippen LogP contribution in [-0.4, -0.2) is 16.1 Å². The van der Waals surface area contributed by atoms with Gasteiger partial charge in [0.05, 0.1) is 15.4 Å². The number of aliphatic carboxylic acids is 1. The van der Waals surface area contributed by atoms with Gasteiger partial charge in [-0.3, -0.25) is 4.79 Å². The molecule has 0 atom stereocenters. The Bertz CT molecular complexity index is 272. The normalized spacial score (nSPS) is 10.1. The lowest BCUT2D eigenvalue weighted by molar-refractivity contribution is -0.137. The molecule has 1 aromatic heterocycles. The Morgan fingerprint density at radius 2 is 2.50 bits per heavy atom. The van der Waals surface area contributed by atoms with Crippen LogP contribution in [0.3, 0.4) is 0 Å². The molecule has 0 amide bonds. The predicted octanol–water partition coefficient (Wildman–Crippen LogP) is 1.84. The minimum absolute atomic E-state index is 0.210. The molecule has 0 aliphatic carbocycles. The van der Waals surface area contributed by atoms with Crippen LogP contribution in [0.15, 0.2) is 10.4 Å². The second-order valence-corrected chi connectivity index (χ2v) is 4.24. The first kappa shape index (κ1) is 9.54. The largest absolute Gasteiger partial charge is 0.481 e. The van der Waals surface area contributed by atoms with Crippen molar-refractivity contribution < 1.29 is 9.90 Å². The molecule has 66 valence electrons. The maximum absolute atomic E-state index is 10.2. The van der Waals surface area contributed by atoms with Gasteiger partial charge in [0, 0.05) is 6.42 Å². The molecule has 0 saturated carbocycles. The molecular weight excluding hydrogens is 194 g/mol. The number of carbonyl (C=O) groups is 1. The third kappa shape index (κ3) is 3.23. The van der Waals surface area contributed by atoms with Crippen molar-refractivity contribution in [2.24, 2.45) is 0 Å². The Labute approximate surface area is 79.9 Å². The summed E-state index contributed by atoms with van der Waals surface area (Å²) in [5, 5.41) is 9.32. The third-order valence-electron chi connectivity index (χ3n) is 1.32. The van der Waals surface area contributed by atoms with Gasteiger partial charge in [0.2, 0.25) is 0 Å². The van der Waals surface area contributed by atoms with Crippen molar-refractivity contribution in [3.05, 3.63) is 11.2 Å². The van der Waals surface area contributed by atoms with E-state index < -0.39 is 5.97 Å². The van der Waals surface area contributed by atoms with Crippen molar-refractivity contribution in [2.45, 2.75) is 23.5 Å². The highest BCUT2D eigenvalue weighted by Gasteiger charge is 2.01. The zero-order valence-corrected chi connectivity index (χ0v) is 8.07. The highest BCUT2D eigenvalue weighted by Crippen LogP contribution is 2.17. The number of thiazole rings is 1. The Hall–Kier alpha value is -0.550. The topological polar surface area (TPSA) is 50.2 Å². The smallest absolute Gasteiger partial charge is 0.303 e. The van der Waals surface area contributed by atoms with Gasteiger partial charge in [-0.1, -0.05) is 0 Å². The van der Waals surface area contributed by atoms with E-state index >= 15 is 0 Å². The lowest BCUT2D eigenvalue weighted by Crippen LogP contribution is -1.95. The summed E-state index contributed by atoms with van der Waals surface area (Å²) in [6.45, 7) is 0. The second kappa shape index (κ2) is 4.47. The van der Waals surface area contributed by atoms with Crippen LogP contribution in [-0.2, 0) is 11.2 Å². The Balaban J connectivity index is 2.29. The van der Waals surface area contributed by atoms with Crippen molar-refractivity contribution in [1.82, 2.24) is 4.98 Å². The van der Waals surface area contributed by atoms with Gasteiger partial charge >= 0.3 is 5.97 Å². The first-order valence-electron chi connectivity index (χ1n) is 3.54. The molecule has 0 aliphatic heterocycles. The second-order valence-electron chi connectivity index (χ2n) is 2.34. The van der Waals surface area contributed by atoms with Crippen LogP contribution in [0.5, 0.6) is 0 Å². The molecule has 1 N–H and O–H groups in total. The molecule has 0 saturated heterocycles. The summed E-state index contributed by atoms with van der Waals surface area (Å²) < 4.78 is 0.875. The van der Waals surface area contributed by atoms with Gasteiger partial charge in [-0.05, 0) is 12.8 Å². The molecule has 0 fully saturated rings. The van der Waals surface area contributed by atoms with Crippen LogP contribution < -0.4 is 0 Å². The van der Waals surface area contributed by atoms with E-state index in [1.807, 2.05) is 0 Å². The lowest BCUT2D eigenvalue weighted by atomic mass is 10.2. The number of aromatic nitrogens is 1. The van der Waals surface area contributed by atoms with E-state index in [9.17, 15) is 4.79 Å². The SMILES string of the molecule is O=C(O)CCCc1ncc(S)s1. The Morgan fingerprint density at radius 3 is 3.00 bits per heavy atom. The zero-order chi connectivity index (χ0) is 8.97. The van der Waals surface area contributed by atoms with Gasteiger partial charge in [-0.2, -0.15) is 0 Å². The number of carboxylic acids is 1. The van der Waals surface area contributed by atoms with Gasteiger partial charge in [0.15, 0.2) is 0 Å². The van der Waals surface area contributed by atoms with Gasteiger partial charge < -0.3 is 5.11 Å². The summed E-state index contributed by atoms with van der Waals surface area (Å²) in [5.41, 5.74) is 0. The molecule has 0 aliphatic rings.